The molecule has 2 heterocycles. The molecule has 0 aliphatic carbocycles. The molecular formula is C21H19ClN2O3S. The molecule has 0 radical (unpaired) electrons. The highest BCUT2D eigenvalue weighted by Gasteiger charge is 2.15. The SMILES string of the molecule is COc1cc2ncn(-c3cc(OC(C)c4ccccc4Cl)cs3)c2cc1OC. The fourth-order valence-electron chi connectivity index (χ4n) is 3.08. The van der Waals surface area contributed by atoms with Crippen LogP contribution in [0.1, 0.15) is 18.6 Å². The summed E-state index contributed by atoms with van der Waals surface area (Å²) in [5, 5.41) is 3.68. The van der Waals surface area contributed by atoms with E-state index in [-0.39, 0.29) is 6.10 Å². The fraction of sp³-hybridized carbons (Fsp3) is 0.190. The Bertz CT molecular complexity index is 1120. The van der Waals surface area contributed by atoms with Crippen LogP contribution < -0.4 is 14.2 Å². The Morgan fingerprint density at radius 1 is 1.07 bits per heavy atom. The molecule has 0 spiro atoms. The van der Waals surface area contributed by atoms with E-state index in [1.807, 2.05) is 59.3 Å². The third-order valence-corrected chi connectivity index (χ3v) is 5.76. The predicted octanol–water partition coefficient (Wildman–Crippen LogP) is 5.90. The molecule has 1 atom stereocenters. The van der Waals surface area contributed by atoms with Crippen molar-refractivity contribution in [2.45, 2.75) is 13.0 Å². The van der Waals surface area contributed by atoms with Gasteiger partial charge in [-0.05, 0) is 13.0 Å². The summed E-state index contributed by atoms with van der Waals surface area (Å²) in [5.74, 6) is 2.11. The number of nitrogens with zero attached hydrogens (tertiary/aromatic N) is 2. The van der Waals surface area contributed by atoms with Crippen molar-refractivity contribution in [2.24, 2.45) is 0 Å². The van der Waals surface area contributed by atoms with Crippen molar-refractivity contribution >= 4 is 34.0 Å². The smallest absolute Gasteiger partial charge is 0.163 e. The van der Waals surface area contributed by atoms with Crippen molar-refractivity contribution in [1.29, 1.82) is 0 Å². The van der Waals surface area contributed by atoms with Gasteiger partial charge in [0.15, 0.2) is 11.5 Å². The maximum Gasteiger partial charge on any atom is 0.163 e. The minimum atomic E-state index is -0.153. The zero-order chi connectivity index (χ0) is 19.7. The van der Waals surface area contributed by atoms with Crippen LogP contribution in [0.25, 0.3) is 16.0 Å². The normalized spacial score (nSPS) is 12.1. The lowest BCUT2D eigenvalue weighted by molar-refractivity contribution is 0.228. The van der Waals surface area contributed by atoms with E-state index in [1.165, 1.54) is 0 Å². The molecule has 1 unspecified atom stereocenters. The van der Waals surface area contributed by atoms with E-state index in [9.17, 15) is 0 Å². The molecule has 5 nitrogen and oxygen atoms in total. The number of halogens is 1. The van der Waals surface area contributed by atoms with Crippen molar-refractivity contribution in [3.63, 3.8) is 0 Å². The maximum absolute atomic E-state index is 6.28. The van der Waals surface area contributed by atoms with Gasteiger partial charge in [-0.2, -0.15) is 0 Å². The highest BCUT2D eigenvalue weighted by Crippen LogP contribution is 2.35. The summed E-state index contributed by atoms with van der Waals surface area (Å²) in [5.41, 5.74) is 2.73. The Morgan fingerprint density at radius 3 is 2.57 bits per heavy atom. The minimum absolute atomic E-state index is 0.153. The van der Waals surface area contributed by atoms with Crippen LogP contribution in [0.5, 0.6) is 17.2 Å². The van der Waals surface area contributed by atoms with Crippen LogP contribution in [0.3, 0.4) is 0 Å². The minimum Gasteiger partial charge on any atom is -0.493 e. The number of ether oxygens (including phenoxy) is 3. The Balaban J connectivity index is 1.63. The monoisotopic (exact) mass is 414 g/mol. The number of methoxy groups -OCH3 is 2. The van der Waals surface area contributed by atoms with E-state index in [2.05, 4.69) is 4.98 Å². The number of imidazole rings is 1. The van der Waals surface area contributed by atoms with E-state index >= 15 is 0 Å². The molecule has 4 rings (SSSR count). The fourth-order valence-corrected chi connectivity index (χ4v) is 4.17. The molecule has 0 aliphatic heterocycles. The second-order valence-electron chi connectivity index (χ2n) is 6.21. The first-order valence-corrected chi connectivity index (χ1v) is 9.95. The summed E-state index contributed by atoms with van der Waals surface area (Å²) in [6, 6.07) is 13.5. The topological polar surface area (TPSA) is 45.5 Å². The van der Waals surface area contributed by atoms with Gasteiger partial charge in [0.1, 0.15) is 23.2 Å². The van der Waals surface area contributed by atoms with Gasteiger partial charge in [0.05, 0.1) is 25.3 Å². The van der Waals surface area contributed by atoms with Crippen LogP contribution >= 0.6 is 22.9 Å². The Morgan fingerprint density at radius 2 is 1.82 bits per heavy atom. The van der Waals surface area contributed by atoms with E-state index in [0.717, 1.165) is 27.3 Å². The molecule has 0 saturated carbocycles. The van der Waals surface area contributed by atoms with Crippen molar-refractivity contribution in [3.8, 4) is 22.2 Å². The van der Waals surface area contributed by atoms with Gasteiger partial charge in [-0.3, -0.25) is 4.57 Å². The van der Waals surface area contributed by atoms with Gasteiger partial charge >= 0.3 is 0 Å². The zero-order valence-electron chi connectivity index (χ0n) is 15.7. The average molecular weight is 415 g/mol. The maximum atomic E-state index is 6.28. The molecule has 0 saturated heterocycles. The summed E-state index contributed by atoms with van der Waals surface area (Å²) < 4.78 is 18.9. The molecule has 2 aromatic carbocycles. The number of hydrogen-bond acceptors (Lipinski definition) is 5. The summed E-state index contributed by atoms with van der Waals surface area (Å²) in [4.78, 5) is 4.48. The average Bonchev–Trinajstić information content (AvgIpc) is 3.33. The first-order valence-electron chi connectivity index (χ1n) is 8.69. The van der Waals surface area contributed by atoms with Crippen molar-refractivity contribution in [3.05, 3.63) is 64.8 Å². The van der Waals surface area contributed by atoms with E-state index in [4.69, 9.17) is 25.8 Å². The van der Waals surface area contributed by atoms with Crippen LogP contribution in [0, 0.1) is 0 Å². The molecule has 0 aliphatic rings. The second kappa shape index (κ2) is 7.73. The first-order chi connectivity index (χ1) is 13.6. The molecule has 144 valence electrons. The van der Waals surface area contributed by atoms with Crippen LogP contribution in [0.15, 0.2) is 54.2 Å². The zero-order valence-corrected chi connectivity index (χ0v) is 17.3. The quantitative estimate of drug-likeness (QED) is 0.394. The summed E-state index contributed by atoms with van der Waals surface area (Å²) >= 11 is 7.86. The summed E-state index contributed by atoms with van der Waals surface area (Å²) in [6.07, 6.45) is 1.64. The third kappa shape index (κ3) is 3.41. The van der Waals surface area contributed by atoms with Crippen molar-refractivity contribution in [1.82, 2.24) is 9.55 Å². The van der Waals surface area contributed by atoms with E-state index in [1.54, 1.807) is 31.9 Å². The Kier molecular flexibility index (Phi) is 5.15. The van der Waals surface area contributed by atoms with Crippen LogP contribution in [-0.4, -0.2) is 23.8 Å². The lowest BCUT2D eigenvalue weighted by atomic mass is 10.1. The molecule has 0 N–H and O–H groups in total. The van der Waals surface area contributed by atoms with Crippen LogP contribution in [0.2, 0.25) is 5.02 Å². The number of fused-ring (bicyclic) bond motifs is 1. The molecule has 4 aromatic rings. The lowest BCUT2D eigenvalue weighted by Gasteiger charge is -2.15. The van der Waals surface area contributed by atoms with Gasteiger partial charge in [0, 0.05) is 34.2 Å². The van der Waals surface area contributed by atoms with Gasteiger partial charge in [-0.25, -0.2) is 4.98 Å². The largest absolute Gasteiger partial charge is 0.493 e. The van der Waals surface area contributed by atoms with Gasteiger partial charge in [0.2, 0.25) is 0 Å². The van der Waals surface area contributed by atoms with Crippen molar-refractivity contribution in [2.75, 3.05) is 14.2 Å². The molecular weight excluding hydrogens is 396 g/mol. The summed E-state index contributed by atoms with van der Waals surface area (Å²) in [6.45, 7) is 1.99. The molecule has 2 aromatic heterocycles. The van der Waals surface area contributed by atoms with Gasteiger partial charge in [-0.15, -0.1) is 11.3 Å². The molecule has 0 amide bonds. The van der Waals surface area contributed by atoms with Gasteiger partial charge in [-0.1, -0.05) is 29.8 Å². The van der Waals surface area contributed by atoms with Gasteiger partial charge in [0.25, 0.3) is 0 Å². The Labute approximate surface area is 172 Å². The predicted molar refractivity (Wildman–Crippen MR) is 113 cm³/mol. The highest BCUT2D eigenvalue weighted by atomic mass is 35.5. The first kappa shape index (κ1) is 18.7. The number of thiophene rings is 1. The van der Waals surface area contributed by atoms with E-state index < -0.39 is 0 Å². The number of rotatable bonds is 6. The van der Waals surface area contributed by atoms with E-state index in [0.29, 0.717) is 16.5 Å². The van der Waals surface area contributed by atoms with Crippen molar-refractivity contribution < 1.29 is 14.2 Å². The number of benzene rings is 2. The number of aromatic nitrogens is 2. The molecule has 28 heavy (non-hydrogen) atoms. The Hall–Kier alpha value is -2.70. The second-order valence-corrected chi connectivity index (χ2v) is 7.51. The van der Waals surface area contributed by atoms with Gasteiger partial charge < -0.3 is 14.2 Å². The highest BCUT2D eigenvalue weighted by molar-refractivity contribution is 7.12. The lowest BCUT2D eigenvalue weighted by Crippen LogP contribution is -2.03. The van der Waals surface area contributed by atoms with Crippen LogP contribution in [0.4, 0.5) is 0 Å². The number of hydrogen-bond donors (Lipinski definition) is 0. The molecule has 0 fully saturated rings. The molecule has 0 bridgehead atoms. The van der Waals surface area contributed by atoms with Crippen LogP contribution in [-0.2, 0) is 0 Å². The summed E-state index contributed by atoms with van der Waals surface area (Å²) in [7, 11) is 3.24. The third-order valence-electron chi connectivity index (χ3n) is 4.51. The standard InChI is InChI=1S/C21H19ClN2O3S/c1-13(15-6-4-5-7-16(15)22)27-14-8-21(28-11-14)24-12-23-17-9-19(25-2)20(26-3)10-18(17)24/h4-13H,1-3H3. The molecule has 7 heteroatoms.